The summed E-state index contributed by atoms with van der Waals surface area (Å²) in [6.07, 6.45) is 3.33. The lowest BCUT2D eigenvalue weighted by Crippen LogP contribution is -2.60. The minimum Gasteiger partial charge on any atom is -0.459 e. The van der Waals surface area contributed by atoms with Crippen molar-refractivity contribution in [3.05, 3.63) is 11.8 Å². The predicted octanol–water partition coefficient (Wildman–Crippen LogP) is 2.42. The zero-order chi connectivity index (χ0) is 17.3. The summed E-state index contributed by atoms with van der Waals surface area (Å²) in [5.41, 5.74) is 1.01. The molecule has 0 atom stereocenters. The third kappa shape index (κ3) is 4.48. The van der Waals surface area contributed by atoms with E-state index in [1.54, 1.807) is 6.08 Å². The van der Waals surface area contributed by atoms with Gasteiger partial charge in [-0.25, -0.2) is 4.79 Å². The standard InChI is InChI=1S/C18H32N2O3/c1-14(20-7-9-22-10-8-20)11-16(21)23-15-12-17(2,3)19(6)18(4,5)13-15/h11,15H,7-10,12-13H2,1-6H3/b14-11+. The monoisotopic (exact) mass is 324 g/mol. The maximum atomic E-state index is 12.3. The number of carbonyl (C=O) groups excluding carboxylic acids is 1. The minimum absolute atomic E-state index is 0.0235. The molecule has 132 valence electrons. The van der Waals surface area contributed by atoms with E-state index in [2.05, 4.69) is 44.5 Å². The third-order valence-electron chi connectivity index (χ3n) is 5.39. The fourth-order valence-electron chi connectivity index (χ4n) is 3.74. The number of nitrogens with zero attached hydrogens (tertiary/aromatic N) is 2. The predicted molar refractivity (Wildman–Crippen MR) is 91.2 cm³/mol. The number of piperidine rings is 1. The van der Waals surface area contributed by atoms with Crippen LogP contribution in [0.4, 0.5) is 0 Å². The summed E-state index contributed by atoms with van der Waals surface area (Å²) < 4.78 is 11.1. The molecule has 0 N–H and O–H groups in total. The highest BCUT2D eigenvalue weighted by Gasteiger charge is 2.44. The average molecular weight is 324 g/mol. The van der Waals surface area contributed by atoms with E-state index in [4.69, 9.17) is 9.47 Å². The molecule has 0 unspecified atom stereocenters. The van der Waals surface area contributed by atoms with Crippen LogP contribution in [0, 0.1) is 0 Å². The summed E-state index contributed by atoms with van der Waals surface area (Å²) in [4.78, 5) is 16.9. The quantitative estimate of drug-likeness (QED) is 0.589. The fourth-order valence-corrected chi connectivity index (χ4v) is 3.74. The van der Waals surface area contributed by atoms with Gasteiger partial charge in [0.25, 0.3) is 0 Å². The molecule has 2 saturated heterocycles. The van der Waals surface area contributed by atoms with Gasteiger partial charge in [-0.05, 0) is 41.7 Å². The van der Waals surface area contributed by atoms with E-state index in [0.717, 1.165) is 44.8 Å². The number of rotatable bonds is 3. The molecule has 0 bridgehead atoms. The van der Waals surface area contributed by atoms with E-state index in [1.807, 2.05) is 6.92 Å². The van der Waals surface area contributed by atoms with E-state index in [9.17, 15) is 4.79 Å². The Morgan fingerprint density at radius 3 is 2.17 bits per heavy atom. The molecule has 5 heteroatoms. The number of hydrogen-bond donors (Lipinski definition) is 0. The molecular formula is C18H32N2O3. The Morgan fingerprint density at radius 2 is 1.65 bits per heavy atom. The lowest BCUT2D eigenvalue weighted by atomic mass is 9.79. The van der Waals surface area contributed by atoms with Gasteiger partial charge in [-0.3, -0.25) is 4.90 Å². The van der Waals surface area contributed by atoms with Gasteiger partial charge in [-0.2, -0.15) is 0 Å². The Morgan fingerprint density at radius 1 is 1.13 bits per heavy atom. The summed E-state index contributed by atoms with van der Waals surface area (Å²) in [6, 6.07) is 0. The van der Waals surface area contributed by atoms with Crippen LogP contribution in [-0.4, -0.2) is 66.3 Å². The van der Waals surface area contributed by atoms with Crippen molar-refractivity contribution in [1.29, 1.82) is 0 Å². The zero-order valence-electron chi connectivity index (χ0n) is 15.5. The van der Waals surface area contributed by atoms with Crippen molar-refractivity contribution in [2.75, 3.05) is 33.4 Å². The third-order valence-corrected chi connectivity index (χ3v) is 5.39. The van der Waals surface area contributed by atoms with Gasteiger partial charge in [0, 0.05) is 48.8 Å². The molecule has 2 heterocycles. The van der Waals surface area contributed by atoms with Gasteiger partial charge in [0.05, 0.1) is 13.2 Å². The molecule has 2 rings (SSSR count). The zero-order valence-corrected chi connectivity index (χ0v) is 15.5. The number of carbonyl (C=O) groups is 1. The number of likely N-dealkylation sites (tertiary alicyclic amines) is 1. The molecular weight excluding hydrogens is 292 g/mol. The van der Waals surface area contributed by atoms with Crippen LogP contribution in [-0.2, 0) is 14.3 Å². The van der Waals surface area contributed by atoms with Crippen LogP contribution in [0.2, 0.25) is 0 Å². The molecule has 23 heavy (non-hydrogen) atoms. The lowest BCUT2D eigenvalue weighted by molar-refractivity contribution is -0.153. The summed E-state index contributed by atoms with van der Waals surface area (Å²) in [7, 11) is 2.15. The van der Waals surface area contributed by atoms with Gasteiger partial charge in [-0.1, -0.05) is 0 Å². The highest BCUT2D eigenvalue weighted by atomic mass is 16.5. The molecule has 0 aromatic rings. The number of morpholine rings is 1. The Kier molecular flexibility index (Phi) is 5.41. The largest absolute Gasteiger partial charge is 0.459 e. The fraction of sp³-hybridized carbons (Fsp3) is 0.833. The normalized spacial score (nSPS) is 26.2. The first-order valence-corrected chi connectivity index (χ1v) is 8.57. The van der Waals surface area contributed by atoms with Crippen LogP contribution < -0.4 is 0 Å². The molecule has 0 amide bonds. The molecule has 2 fully saturated rings. The molecule has 5 nitrogen and oxygen atoms in total. The van der Waals surface area contributed by atoms with Crippen molar-refractivity contribution in [1.82, 2.24) is 9.80 Å². The molecule has 0 radical (unpaired) electrons. The topological polar surface area (TPSA) is 42.0 Å². The summed E-state index contributed by atoms with van der Waals surface area (Å²) >= 11 is 0. The Bertz CT molecular complexity index is 447. The van der Waals surface area contributed by atoms with Crippen LogP contribution in [0.15, 0.2) is 11.8 Å². The maximum Gasteiger partial charge on any atom is 0.332 e. The van der Waals surface area contributed by atoms with Crippen molar-refractivity contribution in [3.63, 3.8) is 0 Å². The molecule has 0 saturated carbocycles. The van der Waals surface area contributed by atoms with Gasteiger partial charge >= 0.3 is 5.97 Å². The van der Waals surface area contributed by atoms with Crippen molar-refractivity contribution in [2.45, 2.75) is 64.6 Å². The number of ether oxygens (including phenoxy) is 2. The first-order chi connectivity index (χ1) is 10.6. The smallest absolute Gasteiger partial charge is 0.332 e. The average Bonchev–Trinajstić information content (AvgIpc) is 2.44. The highest BCUT2D eigenvalue weighted by molar-refractivity contribution is 5.82. The molecule has 0 aromatic heterocycles. The summed E-state index contributed by atoms with van der Waals surface area (Å²) in [5.74, 6) is -0.227. The lowest BCUT2D eigenvalue weighted by Gasteiger charge is -2.53. The Balaban J connectivity index is 1.97. The van der Waals surface area contributed by atoms with E-state index < -0.39 is 0 Å². The summed E-state index contributed by atoms with van der Waals surface area (Å²) in [5, 5.41) is 0. The van der Waals surface area contributed by atoms with Crippen LogP contribution in [0.3, 0.4) is 0 Å². The second-order valence-electron chi connectivity index (χ2n) is 8.04. The van der Waals surface area contributed by atoms with E-state index in [-0.39, 0.29) is 23.2 Å². The molecule has 0 aliphatic carbocycles. The van der Waals surface area contributed by atoms with Gasteiger partial charge in [-0.15, -0.1) is 0 Å². The first-order valence-electron chi connectivity index (χ1n) is 8.57. The van der Waals surface area contributed by atoms with Crippen molar-refractivity contribution in [3.8, 4) is 0 Å². The molecule has 2 aliphatic rings. The number of hydrogen-bond acceptors (Lipinski definition) is 5. The van der Waals surface area contributed by atoms with Gasteiger partial charge in [0.1, 0.15) is 6.10 Å². The minimum atomic E-state index is -0.227. The molecule has 0 aromatic carbocycles. The van der Waals surface area contributed by atoms with E-state index in [0.29, 0.717) is 0 Å². The van der Waals surface area contributed by atoms with Crippen molar-refractivity contribution in [2.24, 2.45) is 0 Å². The second kappa shape index (κ2) is 6.81. The molecule has 0 spiro atoms. The van der Waals surface area contributed by atoms with Crippen LogP contribution in [0.5, 0.6) is 0 Å². The van der Waals surface area contributed by atoms with Crippen LogP contribution in [0.25, 0.3) is 0 Å². The number of esters is 1. The Labute approximate surface area is 140 Å². The summed E-state index contributed by atoms with van der Waals surface area (Å²) in [6.45, 7) is 13.9. The molecule has 2 aliphatic heterocycles. The Hall–Kier alpha value is -1.07. The van der Waals surface area contributed by atoms with E-state index in [1.165, 1.54) is 0 Å². The second-order valence-corrected chi connectivity index (χ2v) is 8.04. The van der Waals surface area contributed by atoms with Gasteiger partial charge < -0.3 is 14.4 Å². The number of allylic oxidation sites excluding steroid dienone is 1. The van der Waals surface area contributed by atoms with Gasteiger partial charge in [0.15, 0.2) is 0 Å². The van der Waals surface area contributed by atoms with Crippen molar-refractivity contribution >= 4 is 5.97 Å². The van der Waals surface area contributed by atoms with Crippen LogP contribution >= 0.6 is 0 Å². The van der Waals surface area contributed by atoms with Gasteiger partial charge in [0.2, 0.25) is 0 Å². The van der Waals surface area contributed by atoms with Crippen molar-refractivity contribution < 1.29 is 14.3 Å². The highest BCUT2D eigenvalue weighted by Crippen LogP contribution is 2.38. The SMILES string of the molecule is C/C(=C\C(=O)OC1CC(C)(C)N(C)C(C)(C)C1)N1CCOCC1. The van der Waals surface area contributed by atoms with E-state index >= 15 is 0 Å². The van der Waals surface area contributed by atoms with Crippen LogP contribution in [0.1, 0.15) is 47.5 Å². The maximum absolute atomic E-state index is 12.3. The first kappa shape index (κ1) is 18.3.